The van der Waals surface area contributed by atoms with Crippen molar-refractivity contribution in [2.24, 2.45) is 0 Å². The van der Waals surface area contributed by atoms with Crippen LogP contribution in [0.15, 0.2) is 0 Å². The third kappa shape index (κ3) is 11.4. The lowest BCUT2D eigenvalue weighted by Gasteiger charge is -2.43. The molecule has 0 saturated heterocycles. The first-order chi connectivity index (χ1) is 10.8. The quantitative estimate of drug-likeness (QED) is 0.402. The monoisotopic (exact) mass is 441 g/mol. The van der Waals surface area contributed by atoms with E-state index in [2.05, 4.69) is 78.9 Å². The summed E-state index contributed by atoms with van der Waals surface area (Å²) in [5, 5.41) is 11.0. The van der Waals surface area contributed by atoms with Gasteiger partial charge in [0, 0.05) is 0 Å². The summed E-state index contributed by atoms with van der Waals surface area (Å²) in [6.07, 6.45) is 0.672. The third-order valence-electron chi connectivity index (χ3n) is 3.78. The van der Waals surface area contributed by atoms with E-state index in [1.165, 1.54) is 0 Å². The highest BCUT2D eigenvalue weighted by Gasteiger charge is 2.46. The van der Waals surface area contributed by atoms with Gasteiger partial charge < -0.3 is 16.5 Å². The number of rotatable bonds is 11. The van der Waals surface area contributed by atoms with E-state index in [1.54, 1.807) is 0 Å². The standard InChI is InChI=1S/C15H41O5Si5/c1-15(13-14-16)22(5,6)18-24(9,10)20-25(11,12)19-23(7,8)17-21(2,3)4/h15H,13-14H2,1-12H3. The van der Waals surface area contributed by atoms with Gasteiger partial charge in [0.1, 0.15) is 0 Å². The summed E-state index contributed by atoms with van der Waals surface area (Å²) in [7, 11) is -10.6. The van der Waals surface area contributed by atoms with Crippen LogP contribution in [0.2, 0.25) is 77.6 Å². The highest BCUT2D eigenvalue weighted by molar-refractivity contribution is 6.90. The summed E-state index contributed by atoms with van der Waals surface area (Å²) in [4.78, 5) is 0. The molecule has 0 rings (SSSR count). The maximum absolute atomic E-state index is 11.0. The molecule has 0 bridgehead atoms. The molecule has 0 fully saturated rings. The van der Waals surface area contributed by atoms with E-state index in [-0.39, 0.29) is 6.61 Å². The summed E-state index contributed by atoms with van der Waals surface area (Å²) >= 11 is 0. The van der Waals surface area contributed by atoms with E-state index in [4.69, 9.17) is 16.5 Å². The summed E-state index contributed by atoms with van der Waals surface area (Å²) in [6.45, 7) is 25.6. The van der Waals surface area contributed by atoms with Crippen LogP contribution in [0.25, 0.3) is 0 Å². The molecule has 151 valence electrons. The van der Waals surface area contributed by atoms with Crippen molar-refractivity contribution in [2.75, 3.05) is 6.61 Å². The predicted molar refractivity (Wildman–Crippen MR) is 117 cm³/mol. The smallest absolute Gasteiger partial charge is 0.314 e. The summed E-state index contributed by atoms with van der Waals surface area (Å²) in [5.41, 5.74) is 0.326. The van der Waals surface area contributed by atoms with Crippen molar-refractivity contribution in [1.29, 1.82) is 0 Å². The highest BCUT2D eigenvalue weighted by Crippen LogP contribution is 2.31. The topological polar surface area (TPSA) is 56.8 Å². The minimum Gasteiger partial charge on any atom is -0.437 e. The molecule has 0 aromatic carbocycles. The number of hydrogen-bond acceptors (Lipinski definition) is 4. The second-order valence-electron chi connectivity index (χ2n) is 9.72. The van der Waals surface area contributed by atoms with Gasteiger partial charge in [0.15, 0.2) is 16.6 Å². The molecular formula is C15H41O5Si5. The molecule has 0 spiro atoms. The normalized spacial score (nSPS) is 16.2. The predicted octanol–water partition coefficient (Wildman–Crippen LogP) is 5.41. The lowest BCUT2D eigenvalue weighted by atomic mass is 10.3. The molecule has 0 aliphatic heterocycles. The molecule has 1 unspecified atom stereocenters. The molecule has 1 radical (unpaired) electrons. The van der Waals surface area contributed by atoms with Gasteiger partial charge in [0.05, 0.1) is 6.61 Å². The lowest BCUT2D eigenvalue weighted by Crippen LogP contribution is -2.58. The van der Waals surface area contributed by atoms with E-state index >= 15 is 0 Å². The van der Waals surface area contributed by atoms with Gasteiger partial charge in [-0.1, -0.05) is 6.92 Å². The van der Waals surface area contributed by atoms with E-state index in [1.807, 2.05) is 0 Å². The first kappa shape index (κ1) is 25.9. The average Bonchev–Trinajstić information content (AvgIpc) is 2.19. The molecule has 0 aromatic heterocycles. The molecular weight excluding hydrogens is 401 g/mol. The van der Waals surface area contributed by atoms with Crippen LogP contribution in [0.1, 0.15) is 13.3 Å². The molecule has 0 amide bonds. The second kappa shape index (κ2) is 8.92. The van der Waals surface area contributed by atoms with Gasteiger partial charge >= 0.3 is 25.7 Å². The van der Waals surface area contributed by atoms with Crippen molar-refractivity contribution in [1.82, 2.24) is 0 Å². The van der Waals surface area contributed by atoms with Crippen molar-refractivity contribution in [3.8, 4) is 0 Å². The molecule has 0 aliphatic carbocycles. The van der Waals surface area contributed by atoms with E-state index in [0.29, 0.717) is 12.0 Å². The van der Waals surface area contributed by atoms with Crippen LogP contribution in [0, 0.1) is 0 Å². The first-order valence-electron chi connectivity index (χ1n) is 9.20. The van der Waals surface area contributed by atoms with Crippen LogP contribution in [0.5, 0.6) is 0 Å². The van der Waals surface area contributed by atoms with Crippen LogP contribution in [-0.2, 0) is 21.6 Å². The van der Waals surface area contributed by atoms with Gasteiger partial charge in [0.25, 0.3) is 0 Å². The van der Waals surface area contributed by atoms with Gasteiger partial charge in [-0.2, -0.15) is 0 Å². The van der Waals surface area contributed by atoms with Crippen molar-refractivity contribution in [3.63, 3.8) is 0 Å². The SMILES string of the molecule is CC(CC[O])[Si](C)(C)O[Si](C)(C)O[Si](C)(C)O[Si](C)(C)O[Si](C)(C)C. The molecule has 10 heteroatoms. The number of hydrogen-bond donors (Lipinski definition) is 0. The van der Waals surface area contributed by atoms with E-state index < -0.39 is 42.3 Å². The minimum atomic E-state index is -2.37. The fourth-order valence-electron chi connectivity index (χ4n) is 3.24. The van der Waals surface area contributed by atoms with E-state index in [9.17, 15) is 5.11 Å². The maximum Gasteiger partial charge on any atom is 0.314 e. The van der Waals surface area contributed by atoms with Crippen LogP contribution in [0.4, 0.5) is 0 Å². The molecule has 0 aromatic rings. The summed E-state index contributed by atoms with van der Waals surface area (Å²) < 4.78 is 25.8. The molecule has 0 heterocycles. The summed E-state index contributed by atoms with van der Waals surface area (Å²) in [6, 6.07) is 0. The Morgan fingerprint density at radius 1 is 0.640 bits per heavy atom. The van der Waals surface area contributed by atoms with Crippen LogP contribution in [0.3, 0.4) is 0 Å². The lowest BCUT2D eigenvalue weighted by molar-refractivity contribution is 0.185. The van der Waals surface area contributed by atoms with Gasteiger partial charge in [-0.05, 0) is 84.0 Å². The zero-order chi connectivity index (χ0) is 20.3. The van der Waals surface area contributed by atoms with Gasteiger partial charge in [-0.3, -0.25) is 0 Å². The molecule has 5 nitrogen and oxygen atoms in total. The maximum atomic E-state index is 11.0. The second-order valence-corrected chi connectivity index (χ2v) is 29.8. The Hall–Kier alpha value is 0.884. The molecule has 0 N–H and O–H groups in total. The largest absolute Gasteiger partial charge is 0.437 e. The average molecular weight is 442 g/mol. The van der Waals surface area contributed by atoms with Crippen molar-refractivity contribution >= 4 is 42.3 Å². The Balaban J connectivity index is 5.01. The van der Waals surface area contributed by atoms with Crippen LogP contribution < -0.4 is 0 Å². The fourth-order valence-corrected chi connectivity index (χ4v) is 26.9. The Morgan fingerprint density at radius 2 is 1.00 bits per heavy atom. The summed E-state index contributed by atoms with van der Waals surface area (Å²) in [5.74, 6) is 0. The molecule has 0 saturated carbocycles. The molecule has 0 aliphatic rings. The Kier molecular flexibility index (Phi) is 9.24. The van der Waals surface area contributed by atoms with Gasteiger partial charge in [0.2, 0.25) is 0 Å². The Morgan fingerprint density at radius 3 is 1.36 bits per heavy atom. The van der Waals surface area contributed by atoms with Gasteiger partial charge in [-0.25, -0.2) is 5.11 Å². The third-order valence-corrected chi connectivity index (χ3v) is 22.8. The fraction of sp³-hybridized carbons (Fsp3) is 1.00. The van der Waals surface area contributed by atoms with Gasteiger partial charge in [-0.15, -0.1) is 0 Å². The van der Waals surface area contributed by atoms with Crippen molar-refractivity contribution in [3.05, 3.63) is 0 Å². The van der Waals surface area contributed by atoms with Crippen LogP contribution >= 0.6 is 0 Å². The molecule has 1 atom stereocenters. The van der Waals surface area contributed by atoms with Crippen molar-refractivity contribution < 1.29 is 21.6 Å². The van der Waals surface area contributed by atoms with Crippen molar-refractivity contribution in [2.45, 2.75) is 90.9 Å². The van der Waals surface area contributed by atoms with E-state index in [0.717, 1.165) is 0 Å². The Bertz CT molecular complexity index is 421. The molecule has 25 heavy (non-hydrogen) atoms. The first-order valence-corrected chi connectivity index (χ1v) is 24.0. The zero-order valence-electron chi connectivity index (χ0n) is 18.5. The van der Waals surface area contributed by atoms with Crippen LogP contribution in [-0.4, -0.2) is 48.9 Å². The Labute approximate surface area is 161 Å². The zero-order valence-corrected chi connectivity index (χ0v) is 23.5. The highest BCUT2D eigenvalue weighted by atomic mass is 28.5. The minimum absolute atomic E-state index is 0.0407.